The van der Waals surface area contributed by atoms with Crippen molar-refractivity contribution in [2.75, 3.05) is 0 Å². The number of rotatable bonds is 3. The van der Waals surface area contributed by atoms with Gasteiger partial charge >= 0.3 is 0 Å². The fraction of sp³-hybridized carbons (Fsp3) is 0.214. The molecule has 0 bridgehead atoms. The van der Waals surface area contributed by atoms with Crippen molar-refractivity contribution in [3.8, 4) is 11.3 Å². The topological polar surface area (TPSA) is 38.9 Å². The summed E-state index contributed by atoms with van der Waals surface area (Å²) in [6.45, 7) is 2.01. The smallest absolute Gasteiger partial charge is 0.0702 e. The Hall–Kier alpha value is -1.67. The van der Waals surface area contributed by atoms with Crippen LogP contribution in [0.25, 0.3) is 11.3 Å². The third kappa shape index (κ3) is 2.67. The average molecular weight is 212 g/mol. The molecule has 2 aromatic rings. The summed E-state index contributed by atoms with van der Waals surface area (Å²) >= 11 is 0. The van der Waals surface area contributed by atoms with Crippen molar-refractivity contribution in [1.29, 1.82) is 0 Å². The molecule has 0 saturated heterocycles. The molecule has 1 unspecified atom stereocenters. The second kappa shape index (κ2) is 4.90. The number of benzene rings is 1. The molecule has 2 rings (SSSR count). The minimum Gasteiger partial charge on any atom is -0.328 e. The van der Waals surface area contributed by atoms with Crippen molar-refractivity contribution >= 4 is 0 Å². The van der Waals surface area contributed by atoms with E-state index < -0.39 is 0 Å². The van der Waals surface area contributed by atoms with Crippen molar-refractivity contribution in [3.63, 3.8) is 0 Å². The first kappa shape index (κ1) is 10.8. The quantitative estimate of drug-likeness (QED) is 0.849. The maximum atomic E-state index is 5.75. The Morgan fingerprint density at radius 1 is 1.12 bits per heavy atom. The first-order valence-electron chi connectivity index (χ1n) is 5.51. The summed E-state index contributed by atoms with van der Waals surface area (Å²) in [5.41, 5.74) is 9.09. The van der Waals surface area contributed by atoms with E-state index in [4.69, 9.17) is 5.73 Å². The minimum absolute atomic E-state index is 0.185. The van der Waals surface area contributed by atoms with Crippen LogP contribution in [0, 0.1) is 0 Å². The van der Waals surface area contributed by atoms with E-state index in [2.05, 4.69) is 23.2 Å². The van der Waals surface area contributed by atoms with Crippen LogP contribution < -0.4 is 5.73 Å². The lowest BCUT2D eigenvalue weighted by atomic mass is 10.1. The number of pyridine rings is 1. The molecule has 2 nitrogen and oxygen atoms in total. The average Bonchev–Trinajstić information content (AvgIpc) is 2.30. The van der Waals surface area contributed by atoms with Crippen molar-refractivity contribution < 1.29 is 0 Å². The molecule has 0 fully saturated rings. The molecule has 1 atom stereocenters. The lowest BCUT2D eigenvalue weighted by Gasteiger charge is -2.05. The molecule has 0 aliphatic heterocycles. The third-order valence-electron chi connectivity index (χ3n) is 2.45. The highest BCUT2D eigenvalue weighted by Gasteiger charge is 2.00. The minimum atomic E-state index is 0.185. The predicted octanol–water partition coefficient (Wildman–Crippen LogP) is 2.64. The molecule has 16 heavy (non-hydrogen) atoms. The number of nitrogens with zero attached hydrogens (tertiary/aromatic N) is 1. The van der Waals surface area contributed by atoms with Gasteiger partial charge in [0.25, 0.3) is 0 Å². The van der Waals surface area contributed by atoms with Crippen molar-refractivity contribution in [3.05, 3.63) is 54.2 Å². The summed E-state index contributed by atoms with van der Waals surface area (Å²) < 4.78 is 0. The van der Waals surface area contributed by atoms with Crippen LogP contribution in [0.2, 0.25) is 0 Å². The molecule has 0 spiro atoms. The van der Waals surface area contributed by atoms with Crippen molar-refractivity contribution in [2.45, 2.75) is 19.4 Å². The molecular weight excluding hydrogens is 196 g/mol. The Labute approximate surface area is 96.1 Å². The molecule has 82 valence electrons. The highest BCUT2D eigenvalue weighted by molar-refractivity contribution is 5.58. The van der Waals surface area contributed by atoms with Crippen LogP contribution in [0.4, 0.5) is 0 Å². The molecular formula is C14H16N2. The SMILES string of the molecule is CC(N)Cc1ccc(-c2ccccc2)nc1. The first-order valence-corrected chi connectivity index (χ1v) is 5.51. The van der Waals surface area contributed by atoms with E-state index in [9.17, 15) is 0 Å². The Morgan fingerprint density at radius 3 is 2.44 bits per heavy atom. The summed E-state index contributed by atoms with van der Waals surface area (Å²) in [5, 5.41) is 0. The van der Waals surface area contributed by atoms with Crippen LogP contribution in [0.3, 0.4) is 0 Å². The van der Waals surface area contributed by atoms with Gasteiger partial charge in [-0.05, 0) is 25.0 Å². The summed E-state index contributed by atoms with van der Waals surface area (Å²) in [4.78, 5) is 4.45. The molecule has 0 aliphatic rings. The second-order valence-corrected chi connectivity index (χ2v) is 4.10. The molecule has 1 aromatic heterocycles. The van der Waals surface area contributed by atoms with Gasteiger partial charge < -0.3 is 5.73 Å². The van der Waals surface area contributed by atoms with E-state index in [-0.39, 0.29) is 6.04 Å². The molecule has 0 amide bonds. The maximum Gasteiger partial charge on any atom is 0.0702 e. The fourth-order valence-corrected chi connectivity index (χ4v) is 1.70. The molecule has 0 saturated carbocycles. The van der Waals surface area contributed by atoms with Crippen LogP contribution in [-0.2, 0) is 6.42 Å². The predicted molar refractivity (Wildman–Crippen MR) is 67.0 cm³/mol. The van der Waals surface area contributed by atoms with Crippen LogP contribution in [0.5, 0.6) is 0 Å². The standard InChI is InChI=1S/C14H16N2/c1-11(15)9-12-7-8-14(16-10-12)13-5-3-2-4-6-13/h2-8,10-11H,9,15H2,1H3. The van der Waals surface area contributed by atoms with Gasteiger partial charge in [0.1, 0.15) is 0 Å². The number of hydrogen-bond donors (Lipinski definition) is 1. The normalized spacial score (nSPS) is 12.4. The highest BCUT2D eigenvalue weighted by atomic mass is 14.7. The zero-order valence-electron chi connectivity index (χ0n) is 9.43. The van der Waals surface area contributed by atoms with Gasteiger partial charge in [0.15, 0.2) is 0 Å². The van der Waals surface area contributed by atoms with Gasteiger partial charge in [0.05, 0.1) is 5.69 Å². The van der Waals surface area contributed by atoms with E-state index in [0.29, 0.717) is 0 Å². The Kier molecular flexibility index (Phi) is 3.32. The van der Waals surface area contributed by atoms with E-state index in [1.54, 1.807) is 0 Å². The van der Waals surface area contributed by atoms with Gasteiger partial charge in [0, 0.05) is 17.8 Å². The fourth-order valence-electron chi connectivity index (χ4n) is 1.70. The monoisotopic (exact) mass is 212 g/mol. The van der Waals surface area contributed by atoms with Gasteiger partial charge in [-0.15, -0.1) is 0 Å². The second-order valence-electron chi connectivity index (χ2n) is 4.10. The molecule has 1 aromatic carbocycles. The Morgan fingerprint density at radius 2 is 1.88 bits per heavy atom. The van der Waals surface area contributed by atoms with Crippen molar-refractivity contribution in [2.24, 2.45) is 5.73 Å². The lowest BCUT2D eigenvalue weighted by molar-refractivity contribution is 0.736. The zero-order valence-corrected chi connectivity index (χ0v) is 9.43. The van der Waals surface area contributed by atoms with Gasteiger partial charge in [0.2, 0.25) is 0 Å². The molecule has 2 N–H and O–H groups in total. The van der Waals surface area contributed by atoms with E-state index in [1.165, 1.54) is 5.56 Å². The summed E-state index contributed by atoms with van der Waals surface area (Å²) in [7, 11) is 0. The largest absolute Gasteiger partial charge is 0.328 e. The molecule has 0 aliphatic carbocycles. The van der Waals surface area contributed by atoms with Crippen LogP contribution in [0.1, 0.15) is 12.5 Å². The van der Waals surface area contributed by atoms with E-state index >= 15 is 0 Å². The van der Waals surface area contributed by atoms with Crippen LogP contribution >= 0.6 is 0 Å². The molecule has 1 heterocycles. The summed E-state index contributed by atoms with van der Waals surface area (Å²) in [6.07, 6.45) is 2.79. The third-order valence-corrected chi connectivity index (χ3v) is 2.45. The van der Waals surface area contributed by atoms with Crippen LogP contribution in [-0.4, -0.2) is 11.0 Å². The van der Waals surface area contributed by atoms with Gasteiger partial charge in [-0.3, -0.25) is 4.98 Å². The van der Waals surface area contributed by atoms with E-state index in [0.717, 1.165) is 17.7 Å². The van der Waals surface area contributed by atoms with Crippen LogP contribution in [0.15, 0.2) is 48.7 Å². The van der Waals surface area contributed by atoms with Gasteiger partial charge in [-0.25, -0.2) is 0 Å². The highest BCUT2D eigenvalue weighted by Crippen LogP contribution is 2.16. The number of aromatic nitrogens is 1. The van der Waals surface area contributed by atoms with Crippen molar-refractivity contribution in [1.82, 2.24) is 4.98 Å². The first-order chi connectivity index (χ1) is 7.75. The molecule has 0 radical (unpaired) electrons. The van der Waals surface area contributed by atoms with Gasteiger partial charge in [-0.1, -0.05) is 36.4 Å². The summed E-state index contributed by atoms with van der Waals surface area (Å²) in [5.74, 6) is 0. The number of hydrogen-bond acceptors (Lipinski definition) is 2. The Bertz CT molecular complexity index is 432. The lowest BCUT2D eigenvalue weighted by Crippen LogP contribution is -2.17. The maximum absolute atomic E-state index is 5.75. The van der Waals surface area contributed by atoms with E-state index in [1.807, 2.05) is 37.4 Å². The summed E-state index contributed by atoms with van der Waals surface area (Å²) in [6, 6.07) is 14.5. The number of nitrogens with two attached hydrogens (primary N) is 1. The zero-order chi connectivity index (χ0) is 11.4. The Balaban J connectivity index is 2.20. The molecule has 2 heteroatoms. The van der Waals surface area contributed by atoms with Gasteiger partial charge in [-0.2, -0.15) is 0 Å².